The van der Waals surface area contributed by atoms with Crippen molar-refractivity contribution in [2.24, 2.45) is 52.3 Å². The third-order valence-corrected chi connectivity index (χ3v) is 11.2. The maximum atomic E-state index is 5.79. The van der Waals surface area contributed by atoms with Crippen molar-refractivity contribution in [1.29, 1.82) is 0 Å². The van der Waals surface area contributed by atoms with Gasteiger partial charge in [-0.2, -0.15) is 0 Å². The van der Waals surface area contributed by atoms with E-state index in [1.165, 1.54) is 77.0 Å². The Morgan fingerprint density at radius 3 is 2.28 bits per heavy atom. The fourth-order valence-electron chi connectivity index (χ4n) is 9.46. The first-order valence-electron chi connectivity index (χ1n) is 13.3. The number of fused-ring (bicyclic) bond motifs is 5. The van der Waals surface area contributed by atoms with Gasteiger partial charge in [0.25, 0.3) is 0 Å². The largest absolute Gasteiger partial charge is 0.381 e. The molecule has 0 aliphatic heterocycles. The molecular formula is C28H50O. The zero-order valence-corrected chi connectivity index (χ0v) is 20.5. The van der Waals surface area contributed by atoms with Crippen LogP contribution in [0.4, 0.5) is 0 Å². The summed E-state index contributed by atoms with van der Waals surface area (Å²) in [7, 11) is 1.94. The molecule has 4 saturated carbocycles. The Morgan fingerprint density at radius 1 is 0.828 bits per heavy atom. The number of methoxy groups -OCH3 is 1. The van der Waals surface area contributed by atoms with Crippen LogP contribution in [0.25, 0.3) is 0 Å². The van der Waals surface area contributed by atoms with Crippen molar-refractivity contribution in [1.82, 2.24) is 0 Å². The van der Waals surface area contributed by atoms with Gasteiger partial charge in [0.15, 0.2) is 0 Å². The molecule has 0 amide bonds. The highest BCUT2D eigenvalue weighted by atomic mass is 16.5. The molecule has 0 radical (unpaired) electrons. The van der Waals surface area contributed by atoms with Gasteiger partial charge in [-0.25, -0.2) is 0 Å². The van der Waals surface area contributed by atoms with Crippen molar-refractivity contribution in [3.05, 3.63) is 0 Å². The van der Waals surface area contributed by atoms with Gasteiger partial charge < -0.3 is 4.74 Å². The summed E-state index contributed by atoms with van der Waals surface area (Å²) in [6.45, 7) is 12.8. The van der Waals surface area contributed by atoms with Crippen molar-refractivity contribution in [3.8, 4) is 0 Å². The van der Waals surface area contributed by atoms with Gasteiger partial charge in [0.05, 0.1) is 6.10 Å². The van der Waals surface area contributed by atoms with Gasteiger partial charge >= 0.3 is 0 Å². The fraction of sp³-hybridized carbons (Fsp3) is 1.00. The van der Waals surface area contributed by atoms with E-state index < -0.39 is 0 Å². The lowest BCUT2D eigenvalue weighted by Crippen LogP contribution is -2.54. The van der Waals surface area contributed by atoms with Crippen molar-refractivity contribution in [3.63, 3.8) is 0 Å². The van der Waals surface area contributed by atoms with Crippen molar-refractivity contribution in [2.75, 3.05) is 7.11 Å². The highest BCUT2D eigenvalue weighted by Gasteiger charge is 2.60. The molecule has 0 aromatic carbocycles. The number of hydrogen-bond acceptors (Lipinski definition) is 1. The molecule has 8 unspecified atom stereocenters. The summed E-state index contributed by atoms with van der Waals surface area (Å²) in [5, 5.41) is 0. The van der Waals surface area contributed by atoms with Crippen LogP contribution in [0, 0.1) is 52.3 Å². The van der Waals surface area contributed by atoms with Crippen molar-refractivity contribution < 1.29 is 4.74 Å². The average Bonchev–Trinajstić information content (AvgIpc) is 3.04. The molecule has 0 saturated heterocycles. The first-order chi connectivity index (χ1) is 13.8. The summed E-state index contributed by atoms with van der Waals surface area (Å²) in [5.41, 5.74) is 1.26. The normalized spacial score (nSPS) is 48.1. The SMILES string of the molecule is COC1CCC2(C)C(CCC3C2CC[C@]2(C)C(C(C)CCCC(C)C)CCC32)C1. The van der Waals surface area contributed by atoms with Gasteiger partial charge in [-0.3, -0.25) is 0 Å². The number of hydrogen-bond donors (Lipinski definition) is 0. The third kappa shape index (κ3) is 3.85. The molecular weight excluding hydrogens is 352 g/mol. The van der Waals surface area contributed by atoms with Gasteiger partial charge in [0.2, 0.25) is 0 Å². The first-order valence-corrected chi connectivity index (χ1v) is 13.3. The van der Waals surface area contributed by atoms with Gasteiger partial charge in [-0.15, -0.1) is 0 Å². The summed E-state index contributed by atoms with van der Waals surface area (Å²) < 4.78 is 5.79. The second-order valence-corrected chi connectivity index (χ2v) is 12.8. The van der Waals surface area contributed by atoms with Crippen LogP contribution in [-0.2, 0) is 4.74 Å². The standard InChI is InChI=1S/C28H50O/c1-19(2)8-7-9-20(3)24-12-13-25-23-11-10-21-18-22(29-6)14-16-27(21,4)26(23)15-17-28(24,25)5/h19-26H,7-18H2,1-6H3/t20?,21?,22?,23?,24?,25?,26?,27?,28-/m1/s1. The maximum absolute atomic E-state index is 5.79. The smallest absolute Gasteiger partial charge is 0.0574 e. The van der Waals surface area contributed by atoms with Gasteiger partial charge in [0, 0.05) is 7.11 Å². The molecule has 29 heavy (non-hydrogen) atoms. The van der Waals surface area contributed by atoms with Crippen LogP contribution in [0.3, 0.4) is 0 Å². The van der Waals surface area contributed by atoms with Crippen molar-refractivity contribution in [2.45, 2.75) is 118 Å². The molecule has 4 aliphatic rings. The highest BCUT2D eigenvalue weighted by molar-refractivity contribution is 5.09. The minimum Gasteiger partial charge on any atom is -0.381 e. The molecule has 168 valence electrons. The van der Waals surface area contributed by atoms with E-state index in [1.807, 2.05) is 7.11 Å². The van der Waals surface area contributed by atoms with Crippen molar-refractivity contribution >= 4 is 0 Å². The quantitative estimate of drug-likeness (QED) is 0.436. The molecule has 4 fully saturated rings. The number of ether oxygens (including phenoxy) is 1. The Bertz CT molecular complexity index is 555. The zero-order valence-electron chi connectivity index (χ0n) is 20.5. The Labute approximate surface area is 182 Å². The molecule has 0 spiro atoms. The summed E-state index contributed by atoms with van der Waals surface area (Å²) >= 11 is 0. The zero-order chi connectivity index (χ0) is 20.8. The lowest BCUT2D eigenvalue weighted by molar-refractivity contribution is -0.133. The molecule has 1 nitrogen and oxygen atoms in total. The molecule has 0 N–H and O–H groups in total. The van der Waals surface area contributed by atoms with E-state index in [-0.39, 0.29) is 0 Å². The fourth-order valence-corrected chi connectivity index (χ4v) is 9.46. The highest BCUT2D eigenvalue weighted by Crippen LogP contribution is 2.68. The topological polar surface area (TPSA) is 9.23 Å². The predicted molar refractivity (Wildman–Crippen MR) is 124 cm³/mol. The molecule has 0 aromatic rings. The van der Waals surface area contributed by atoms with E-state index in [4.69, 9.17) is 4.74 Å². The molecule has 0 heterocycles. The van der Waals surface area contributed by atoms with E-state index >= 15 is 0 Å². The van der Waals surface area contributed by atoms with Crippen LogP contribution in [-0.4, -0.2) is 13.2 Å². The molecule has 4 aliphatic carbocycles. The summed E-state index contributed by atoms with van der Waals surface area (Å²) in [4.78, 5) is 0. The Balaban J connectivity index is 1.45. The summed E-state index contributed by atoms with van der Waals surface area (Å²) in [6.07, 6.45) is 18.1. The molecule has 0 aromatic heterocycles. The van der Waals surface area contributed by atoms with Crippen LogP contribution in [0.1, 0.15) is 112 Å². The van der Waals surface area contributed by atoms with E-state index in [1.54, 1.807) is 0 Å². The van der Waals surface area contributed by atoms with E-state index in [2.05, 4.69) is 34.6 Å². The second-order valence-electron chi connectivity index (χ2n) is 12.8. The minimum absolute atomic E-state index is 0.543. The first kappa shape index (κ1) is 22.2. The van der Waals surface area contributed by atoms with Crippen LogP contribution in [0.2, 0.25) is 0 Å². The molecule has 4 rings (SSSR count). The second kappa shape index (κ2) is 8.48. The van der Waals surface area contributed by atoms with E-state index in [0.717, 1.165) is 41.4 Å². The molecule has 1 heteroatoms. The van der Waals surface area contributed by atoms with Crippen LogP contribution >= 0.6 is 0 Å². The lowest BCUT2D eigenvalue weighted by Gasteiger charge is -2.61. The van der Waals surface area contributed by atoms with Gasteiger partial charge in [-0.1, -0.05) is 53.9 Å². The minimum atomic E-state index is 0.543. The van der Waals surface area contributed by atoms with Crippen LogP contribution in [0.15, 0.2) is 0 Å². The van der Waals surface area contributed by atoms with Gasteiger partial charge in [-0.05, 0) is 110 Å². The molecule has 9 atom stereocenters. The summed E-state index contributed by atoms with van der Waals surface area (Å²) in [6, 6.07) is 0. The van der Waals surface area contributed by atoms with E-state index in [0.29, 0.717) is 16.9 Å². The van der Waals surface area contributed by atoms with Crippen LogP contribution in [0.5, 0.6) is 0 Å². The summed E-state index contributed by atoms with van der Waals surface area (Å²) in [5.74, 6) is 6.79. The average molecular weight is 403 g/mol. The van der Waals surface area contributed by atoms with Crippen LogP contribution < -0.4 is 0 Å². The Kier molecular flexibility index (Phi) is 6.48. The van der Waals surface area contributed by atoms with Gasteiger partial charge in [0.1, 0.15) is 0 Å². The number of rotatable bonds is 6. The predicted octanol–water partition coefficient (Wildman–Crippen LogP) is 8.12. The molecule has 0 bridgehead atoms. The third-order valence-electron chi connectivity index (χ3n) is 11.2. The Morgan fingerprint density at radius 2 is 1.55 bits per heavy atom. The van der Waals surface area contributed by atoms with E-state index in [9.17, 15) is 0 Å². The monoisotopic (exact) mass is 402 g/mol. The Hall–Kier alpha value is -0.0400. The lowest BCUT2D eigenvalue weighted by atomic mass is 9.44. The maximum Gasteiger partial charge on any atom is 0.0574 e.